The topological polar surface area (TPSA) is 73.3 Å². The van der Waals surface area contributed by atoms with Crippen LogP contribution in [0, 0.1) is 0 Å². The molecule has 0 aliphatic carbocycles. The van der Waals surface area contributed by atoms with Crippen molar-refractivity contribution < 1.29 is 14.3 Å². The van der Waals surface area contributed by atoms with Crippen molar-refractivity contribution >= 4 is 22.4 Å². The fourth-order valence-corrected chi connectivity index (χ4v) is 3.23. The third-order valence-electron chi connectivity index (χ3n) is 3.79. The van der Waals surface area contributed by atoms with Gasteiger partial charge in [0.2, 0.25) is 11.0 Å². The van der Waals surface area contributed by atoms with Crippen molar-refractivity contribution in [1.82, 2.24) is 10.2 Å². The van der Waals surface area contributed by atoms with E-state index in [2.05, 4.69) is 15.5 Å². The van der Waals surface area contributed by atoms with E-state index in [1.54, 1.807) is 14.2 Å². The zero-order valence-electron chi connectivity index (χ0n) is 14.6. The number of nitrogens with zero attached hydrogens (tertiary/aromatic N) is 2. The molecule has 1 heterocycles. The van der Waals surface area contributed by atoms with E-state index >= 15 is 0 Å². The number of aryl methyl sites for hydroxylation is 1. The Bertz CT molecular complexity index is 881. The Morgan fingerprint density at radius 3 is 2.62 bits per heavy atom. The molecule has 0 spiro atoms. The summed E-state index contributed by atoms with van der Waals surface area (Å²) in [4.78, 5) is 12.1. The van der Waals surface area contributed by atoms with Gasteiger partial charge >= 0.3 is 0 Å². The standard InChI is InChI=1S/C19H19N3O3S/c1-24-14-9-10-16(25-2)15(12-14)18-21-22-19(26-18)20-17(23)11-8-13-6-4-3-5-7-13/h3-7,9-10,12H,8,11H2,1-2H3,(H,20,22,23). The number of carbonyl (C=O) groups is 1. The van der Waals surface area contributed by atoms with Gasteiger partial charge < -0.3 is 14.8 Å². The lowest BCUT2D eigenvalue weighted by atomic mass is 10.1. The molecule has 0 unspecified atom stereocenters. The minimum absolute atomic E-state index is 0.0887. The highest BCUT2D eigenvalue weighted by atomic mass is 32.1. The molecule has 0 fully saturated rings. The number of benzene rings is 2. The number of aromatic nitrogens is 2. The first-order valence-corrected chi connectivity index (χ1v) is 8.91. The summed E-state index contributed by atoms with van der Waals surface area (Å²) in [6, 6.07) is 15.4. The number of ether oxygens (including phenoxy) is 2. The van der Waals surface area contributed by atoms with Crippen LogP contribution in [0.2, 0.25) is 0 Å². The van der Waals surface area contributed by atoms with Gasteiger partial charge in [0, 0.05) is 6.42 Å². The van der Waals surface area contributed by atoms with Crippen LogP contribution in [-0.4, -0.2) is 30.3 Å². The van der Waals surface area contributed by atoms with Crippen molar-refractivity contribution in [3.05, 3.63) is 54.1 Å². The van der Waals surface area contributed by atoms with Crippen LogP contribution in [0.1, 0.15) is 12.0 Å². The van der Waals surface area contributed by atoms with Gasteiger partial charge in [-0.25, -0.2) is 0 Å². The zero-order chi connectivity index (χ0) is 18.4. The first-order valence-electron chi connectivity index (χ1n) is 8.09. The van der Waals surface area contributed by atoms with Crippen molar-refractivity contribution in [3.63, 3.8) is 0 Å². The van der Waals surface area contributed by atoms with Crippen LogP contribution in [0.5, 0.6) is 11.5 Å². The van der Waals surface area contributed by atoms with Gasteiger partial charge in [-0.2, -0.15) is 0 Å². The Morgan fingerprint density at radius 2 is 1.88 bits per heavy atom. The maximum absolute atomic E-state index is 12.1. The third-order valence-corrected chi connectivity index (χ3v) is 4.66. The Morgan fingerprint density at radius 1 is 1.08 bits per heavy atom. The minimum Gasteiger partial charge on any atom is -0.497 e. The molecule has 26 heavy (non-hydrogen) atoms. The second-order valence-electron chi connectivity index (χ2n) is 5.51. The molecule has 0 saturated carbocycles. The number of methoxy groups -OCH3 is 2. The summed E-state index contributed by atoms with van der Waals surface area (Å²) in [6.07, 6.45) is 1.07. The Hall–Kier alpha value is -2.93. The molecule has 0 radical (unpaired) electrons. The average molecular weight is 369 g/mol. The lowest BCUT2D eigenvalue weighted by Crippen LogP contribution is -2.12. The summed E-state index contributed by atoms with van der Waals surface area (Å²) in [6.45, 7) is 0. The Balaban J connectivity index is 1.67. The lowest BCUT2D eigenvalue weighted by molar-refractivity contribution is -0.116. The fourth-order valence-electron chi connectivity index (χ4n) is 2.45. The largest absolute Gasteiger partial charge is 0.497 e. The molecule has 0 aliphatic rings. The zero-order valence-corrected chi connectivity index (χ0v) is 15.4. The van der Waals surface area contributed by atoms with Crippen molar-refractivity contribution in [2.75, 3.05) is 19.5 Å². The summed E-state index contributed by atoms with van der Waals surface area (Å²) in [5.41, 5.74) is 1.90. The van der Waals surface area contributed by atoms with Crippen LogP contribution in [0.3, 0.4) is 0 Å². The summed E-state index contributed by atoms with van der Waals surface area (Å²) in [5.74, 6) is 1.28. The monoisotopic (exact) mass is 369 g/mol. The quantitative estimate of drug-likeness (QED) is 0.686. The van der Waals surface area contributed by atoms with Crippen molar-refractivity contribution in [2.45, 2.75) is 12.8 Å². The summed E-state index contributed by atoms with van der Waals surface area (Å²) in [7, 11) is 3.20. The highest BCUT2D eigenvalue weighted by molar-refractivity contribution is 7.18. The normalized spacial score (nSPS) is 10.4. The van der Waals surface area contributed by atoms with E-state index in [1.165, 1.54) is 11.3 Å². The smallest absolute Gasteiger partial charge is 0.226 e. The fraction of sp³-hybridized carbons (Fsp3) is 0.211. The molecule has 2 aromatic carbocycles. The highest BCUT2D eigenvalue weighted by Crippen LogP contribution is 2.36. The van der Waals surface area contributed by atoms with Gasteiger partial charge in [0.05, 0.1) is 19.8 Å². The summed E-state index contributed by atoms with van der Waals surface area (Å²) in [5, 5.41) is 12.1. The second-order valence-corrected chi connectivity index (χ2v) is 6.49. The molecule has 1 N–H and O–H groups in total. The van der Waals surface area contributed by atoms with Crippen LogP contribution in [0.4, 0.5) is 5.13 Å². The molecule has 0 aliphatic heterocycles. The minimum atomic E-state index is -0.0887. The molecular weight excluding hydrogens is 350 g/mol. The van der Waals surface area contributed by atoms with Crippen molar-refractivity contribution in [1.29, 1.82) is 0 Å². The molecule has 3 aromatic rings. The van der Waals surface area contributed by atoms with E-state index in [9.17, 15) is 4.79 Å². The molecule has 7 heteroatoms. The number of rotatable bonds is 7. The van der Waals surface area contributed by atoms with Crippen molar-refractivity contribution in [2.24, 2.45) is 0 Å². The predicted molar refractivity (Wildman–Crippen MR) is 102 cm³/mol. The maximum Gasteiger partial charge on any atom is 0.226 e. The van der Waals surface area contributed by atoms with Crippen LogP contribution in [0.15, 0.2) is 48.5 Å². The van der Waals surface area contributed by atoms with Gasteiger partial charge in [-0.3, -0.25) is 4.79 Å². The van der Waals surface area contributed by atoms with Gasteiger partial charge in [0.15, 0.2) is 5.01 Å². The number of hydrogen-bond acceptors (Lipinski definition) is 6. The van der Waals surface area contributed by atoms with E-state index in [1.807, 2.05) is 48.5 Å². The van der Waals surface area contributed by atoms with Gasteiger partial charge in [-0.1, -0.05) is 41.7 Å². The van der Waals surface area contributed by atoms with Crippen LogP contribution in [-0.2, 0) is 11.2 Å². The number of nitrogens with one attached hydrogen (secondary N) is 1. The molecule has 1 aromatic heterocycles. The Kier molecular flexibility index (Phi) is 5.80. The first-order chi connectivity index (χ1) is 12.7. The van der Waals surface area contributed by atoms with Crippen LogP contribution < -0.4 is 14.8 Å². The average Bonchev–Trinajstić information content (AvgIpc) is 3.15. The summed E-state index contributed by atoms with van der Waals surface area (Å²) >= 11 is 1.29. The van der Waals surface area contributed by atoms with Crippen LogP contribution in [0.25, 0.3) is 10.6 Å². The molecular formula is C19H19N3O3S. The van der Waals surface area contributed by atoms with Gasteiger partial charge in [-0.15, -0.1) is 10.2 Å². The van der Waals surface area contributed by atoms with Crippen molar-refractivity contribution in [3.8, 4) is 22.1 Å². The molecule has 6 nitrogen and oxygen atoms in total. The molecule has 134 valence electrons. The van der Waals surface area contributed by atoms with E-state index in [-0.39, 0.29) is 5.91 Å². The predicted octanol–water partition coefficient (Wildman–Crippen LogP) is 3.79. The first kappa shape index (κ1) is 17.9. The number of amides is 1. The highest BCUT2D eigenvalue weighted by Gasteiger charge is 2.14. The lowest BCUT2D eigenvalue weighted by Gasteiger charge is -2.07. The molecule has 0 atom stereocenters. The van der Waals surface area contributed by atoms with Crippen LogP contribution >= 0.6 is 11.3 Å². The second kappa shape index (κ2) is 8.44. The SMILES string of the molecule is COc1ccc(OC)c(-c2nnc(NC(=O)CCc3ccccc3)s2)c1. The Labute approximate surface area is 155 Å². The maximum atomic E-state index is 12.1. The van der Waals surface area contributed by atoms with E-state index in [0.29, 0.717) is 34.5 Å². The third kappa shape index (κ3) is 4.37. The van der Waals surface area contributed by atoms with E-state index < -0.39 is 0 Å². The van der Waals surface area contributed by atoms with E-state index in [0.717, 1.165) is 11.1 Å². The molecule has 0 bridgehead atoms. The molecule has 3 rings (SSSR count). The summed E-state index contributed by atoms with van der Waals surface area (Å²) < 4.78 is 10.6. The van der Waals surface area contributed by atoms with E-state index in [4.69, 9.17) is 9.47 Å². The van der Waals surface area contributed by atoms with Gasteiger partial charge in [0.25, 0.3) is 0 Å². The number of carbonyl (C=O) groups excluding carboxylic acids is 1. The molecule has 1 amide bonds. The molecule has 0 saturated heterocycles. The van der Waals surface area contributed by atoms with Gasteiger partial charge in [0.1, 0.15) is 11.5 Å². The number of hydrogen-bond donors (Lipinski definition) is 1. The number of anilines is 1. The van der Waals surface area contributed by atoms with Gasteiger partial charge in [-0.05, 0) is 30.2 Å².